The zero-order valence-electron chi connectivity index (χ0n) is 14.3. The predicted octanol–water partition coefficient (Wildman–Crippen LogP) is 6.09. The molecule has 0 aromatic carbocycles. The summed E-state index contributed by atoms with van der Waals surface area (Å²) in [5.74, 6) is 0. The minimum Gasteiger partial charge on any atom is -0.693 e. The van der Waals surface area contributed by atoms with Crippen molar-refractivity contribution in [1.82, 2.24) is 19.9 Å². The van der Waals surface area contributed by atoms with Gasteiger partial charge in [0, 0.05) is 22.1 Å². The Morgan fingerprint density at radius 3 is 1.22 bits per heavy atom. The van der Waals surface area contributed by atoms with Crippen LogP contribution in [0.2, 0.25) is 0 Å². The number of nitrogens with one attached hydrogen (secondary N) is 2. The number of fused-ring (bicyclic) bond motifs is 8. The van der Waals surface area contributed by atoms with Gasteiger partial charge in [0.05, 0.1) is 22.8 Å². The number of aromatic amines is 2. The van der Waals surface area contributed by atoms with Gasteiger partial charge in [0.1, 0.15) is 0 Å². The summed E-state index contributed by atoms with van der Waals surface area (Å²) in [5, 5.41) is 0. The standard InChI is InChI=1S/C20H14N4.Cu.2H2N/c1-2-14-10-16-5-6-18(23-16)12-20-8-7-19(24-20)11-17-4-3-15(22-17)9-13(1)21-14;;;/h1-12,21-22H;;2*1H2/q;+2;2*-1. The third-order valence-electron chi connectivity index (χ3n) is 4.04. The van der Waals surface area contributed by atoms with E-state index in [1.165, 1.54) is 0 Å². The molecule has 27 heavy (non-hydrogen) atoms. The summed E-state index contributed by atoms with van der Waals surface area (Å²) in [7, 11) is 0. The van der Waals surface area contributed by atoms with E-state index in [-0.39, 0.29) is 29.4 Å². The summed E-state index contributed by atoms with van der Waals surface area (Å²) in [6.07, 6.45) is 8.05. The van der Waals surface area contributed by atoms with Crippen LogP contribution in [0.4, 0.5) is 0 Å². The van der Waals surface area contributed by atoms with Crippen LogP contribution in [-0.4, -0.2) is 19.9 Å². The van der Waals surface area contributed by atoms with Crippen LogP contribution >= 0.6 is 0 Å². The van der Waals surface area contributed by atoms with Crippen LogP contribution in [0.3, 0.4) is 0 Å². The van der Waals surface area contributed by atoms with Gasteiger partial charge in [0.15, 0.2) is 0 Å². The van der Waals surface area contributed by atoms with Gasteiger partial charge in [-0.3, -0.25) is 0 Å². The molecule has 0 aliphatic carbocycles. The van der Waals surface area contributed by atoms with Crippen LogP contribution in [0.25, 0.3) is 58.7 Å². The van der Waals surface area contributed by atoms with E-state index in [0.29, 0.717) is 0 Å². The summed E-state index contributed by atoms with van der Waals surface area (Å²) in [6, 6.07) is 16.4. The Kier molecular flexibility index (Phi) is 6.15. The Hall–Kier alpha value is -2.96. The fourth-order valence-electron chi connectivity index (χ4n) is 2.94. The van der Waals surface area contributed by atoms with Crippen molar-refractivity contribution in [3.05, 3.63) is 83.6 Å². The third-order valence-corrected chi connectivity index (χ3v) is 4.04. The van der Waals surface area contributed by atoms with Gasteiger partial charge >= 0.3 is 17.1 Å². The van der Waals surface area contributed by atoms with Crippen LogP contribution < -0.4 is 0 Å². The van der Waals surface area contributed by atoms with Crippen molar-refractivity contribution in [2.45, 2.75) is 0 Å². The SMILES string of the molecule is C1=Cc2cc3ccc(cc4ccc(cc5nc(cc1n2)C=C5)[nH]4)[nH]3.[Cu+2].[NH2-].[NH2-]. The average Bonchev–Trinajstić information content (AvgIpc) is 3.32. The summed E-state index contributed by atoms with van der Waals surface area (Å²) in [6.45, 7) is 0. The van der Waals surface area contributed by atoms with Crippen molar-refractivity contribution in [3.8, 4) is 0 Å². The largest absolute Gasteiger partial charge is 2.00 e. The monoisotopic (exact) mass is 405 g/mol. The Bertz CT molecular complexity index is 1080. The van der Waals surface area contributed by atoms with Crippen molar-refractivity contribution in [1.29, 1.82) is 0 Å². The zero-order chi connectivity index (χ0) is 15.9. The molecule has 7 heteroatoms. The van der Waals surface area contributed by atoms with E-state index in [1.807, 2.05) is 42.5 Å². The first kappa shape index (κ1) is 20.4. The molecular formula is C20H18CuN6. The maximum atomic E-state index is 4.62. The first-order valence-corrected chi connectivity index (χ1v) is 7.85. The Morgan fingerprint density at radius 2 is 0.815 bits per heavy atom. The molecule has 0 atom stereocenters. The van der Waals surface area contributed by atoms with Crippen molar-refractivity contribution >= 4 is 46.4 Å². The fourth-order valence-corrected chi connectivity index (χ4v) is 2.94. The van der Waals surface area contributed by atoms with Gasteiger partial charge in [-0.1, -0.05) is 0 Å². The quantitative estimate of drug-likeness (QED) is 0.302. The average molecular weight is 406 g/mol. The molecule has 0 fully saturated rings. The van der Waals surface area contributed by atoms with Gasteiger partial charge in [-0.2, -0.15) is 0 Å². The zero-order valence-corrected chi connectivity index (χ0v) is 15.2. The van der Waals surface area contributed by atoms with E-state index in [0.717, 1.165) is 44.8 Å². The molecule has 6 N–H and O–H groups in total. The van der Waals surface area contributed by atoms with Gasteiger partial charge in [-0.15, -0.1) is 0 Å². The van der Waals surface area contributed by atoms with Crippen molar-refractivity contribution in [2.24, 2.45) is 0 Å². The second-order valence-corrected chi connectivity index (χ2v) is 5.91. The molecule has 2 aliphatic heterocycles. The molecule has 2 aliphatic rings. The molecule has 3 aromatic rings. The van der Waals surface area contributed by atoms with Crippen LogP contribution in [0.1, 0.15) is 22.8 Å². The number of hydrogen-bond donors (Lipinski definition) is 2. The van der Waals surface area contributed by atoms with E-state index in [9.17, 15) is 0 Å². The first-order chi connectivity index (χ1) is 11.8. The number of rotatable bonds is 0. The number of hydrogen-bond acceptors (Lipinski definition) is 2. The summed E-state index contributed by atoms with van der Waals surface area (Å²) in [4.78, 5) is 16.0. The molecule has 1 radical (unpaired) electrons. The number of aromatic nitrogens is 4. The minimum atomic E-state index is 0. The van der Waals surface area contributed by atoms with E-state index >= 15 is 0 Å². The third kappa shape index (κ3) is 4.24. The molecule has 0 spiro atoms. The maximum absolute atomic E-state index is 4.62. The molecule has 5 rings (SSSR count). The van der Waals surface area contributed by atoms with E-state index < -0.39 is 0 Å². The van der Waals surface area contributed by atoms with Crippen LogP contribution in [0.15, 0.2) is 48.5 Å². The van der Waals surface area contributed by atoms with E-state index in [4.69, 9.17) is 0 Å². The van der Waals surface area contributed by atoms with E-state index in [1.54, 1.807) is 0 Å². The molecular weight excluding hydrogens is 388 g/mol. The van der Waals surface area contributed by atoms with Crippen LogP contribution in [0, 0.1) is 0 Å². The minimum absolute atomic E-state index is 0. The molecule has 139 valence electrons. The molecule has 8 bridgehead atoms. The Balaban J connectivity index is 0.000000871. The van der Waals surface area contributed by atoms with E-state index in [2.05, 4.69) is 50.3 Å². The molecule has 3 aromatic heterocycles. The number of H-pyrrole nitrogens is 2. The normalized spacial score (nSPS) is 11.3. The predicted molar refractivity (Wildman–Crippen MR) is 109 cm³/mol. The van der Waals surface area contributed by atoms with Gasteiger partial charge in [0.25, 0.3) is 0 Å². The van der Waals surface area contributed by atoms with Gasteiger partial charge in [0.2, 0.25) is 0 Å². The first-order valence-electron chi connectivity index (χ1n) is 7.85. The Morgan fingerprint density at radius 1 is 0.481 bits per heavy atom. The summed E-state index contributed by atoms with van der Waals surface area (Å²) >= 11 is 0. The van der Waals surface area contributed by atoms with Crippen molar-refractivity contribution < 1.29 is 17.1 Å². The fraction of sp³-hybridized carbons (Fsp3) is 0. The second-order valence-electron chi connectivity index (χ2n) is 5.91. The Labute approximate surface area is 167 Å². The maximum Gasteiger partial charge on any atom is 2.00 e. The summed E-state index contributed by atoms with van der Waals surface area (Å²) in [5.41, 5.74) is 7.86. The number of nitrogens with two attached hydrogens (primary N) is 2. The molecule has 0 amide bonds. The van der Waals surface area contributed by atoms with Gasteiger partial charge < -0.3 is 22.3 Å². The number of nitrogens with zero attached hydrogens (tertiary/aromatic N) is 2. The van der Waals surface area contributed by atoms with Gasteiger partial charge in [-0.05, 0) is 72.8 Å². The second kappa shape index (κ2) is 8.16. The van der Waals surface area contributed by atoms with Crippen LogP contribution in [-0.2, 0) is 17.1 Å². The van der Waals surface area contributed by atoms with Crippen molar-refractivity contribution in [2.75, 3.05) is 0 Å². The molecule has 6 nitrogen and oxygen atoms in total. The molecule has 0 saturated heterocycles. The van der Waals surface area contributed by atoms with Crippen molar-refractivity contribution in [3.63, 3.8) is 0 Å². The summed E-state index contributed by atoms with van der Waals surface area (Å²) < 4.78 is 0. The molecule has 0 unspecified atom stereocenters. The molecule has 0 saturated carbocycles. The molecule has 5 heterocycles. The van der Waals surface area contributed by atoms with Gasteiger partial charge in [-0.25, -0.2) is 9.97 Å². The smallest absolute Gasteiger partial charge is 0.693 e. The topological polar surface area (TPSA) is 124 Å². The van der Waals surface area contributed by atoms with Crippen LogP contribution in [0.5, 0.6) is 0 Å².